The van der Waals surface area contributed by atoms with Crippen LogP contribution in [0, 0.1) is 17.5 Å². The van der Waals surface area contributed by atoms with E-state index in [1.807, 2.05) is 12.1 Å². The number of benzene rings is 3. The number of amides is 2. The Labute approximate surface area is 170 Å². The number of hydrogen-bond acceptors (Lipinski definition) is 2. The second-order valence-electron chi connectivity index (χ2n) is 7.04. The lowest BCUT2D eigenvalue weighted by Gasteiger charge is -2.28. The maximum atomic E-state index is 13.4. The minimum Gasteiger partial charge on any atom is -0.327 e. The molecule has 0 fully saturated rings. The highest BCUT2D eigenvalue weighted by molar-refractivity contribution is 5.99. The predicted molar refractivity (Wildman–Crippen MR) is 105 cm³/mol. The minimum atomic E-state index is -1.08. The van der Waals surface area contributed by atoms with Gasteiger partial charge in [0.05, 0.1) is 12.5 Å². The average molecular weight is 410 g/mol. The molecule has 1 heterocycles. The summed E-state index contributed by atoms with van der Waals surface area (Å²) in [7, 11) is 0. The van der Waals surface area contributed by atoms with Gasteiger partial charge in [0.15, 0.2) is 11.6 Å². The fourth-order valence-corrected chi connectivity index (χ4v) is 3.58. The van der Waals surface area contributed by atoms with Gasteiger partial charge in [0.25, 0.3) is 5.91 Å². The highest BCUT2D eigenvalue weighted by atomic mass is 19.2. The van der Waals surface area contributed by atoms with Crippen LogP contribution in [0.15, 0.2) is 66.7 Å². The van der Waals surface area contributed by atoms with Crippen LogP contribution in [0.4, 0.5) is 18.9 Å². The molecule has 3 aromatic carbocycles. The summed E-state index contributed by atoms with van der Waals surface area (Å²) in [5, 5.41) is 2.52. The number of nitrogens with zero attached hydrogens (tertiary/aromatic N) is 1. The smallest absolute Gasteiger partial charge is 0.255 e. The van der Waals surface area contributed by atoms with E-state index in [9.17, 15) is 22.8 Å². The Bertz CT molecular complexity index is 1120. The van der Waals surface area contributed by atoms with Gasteiger partial charge in [-0.25, -0.2) is 13.2 Å². The number of halogens is 3. The first-order chi connectivity index (χ1) is 14.4. The summed E-state index contributed by atoms with van der Waals surface area (Å²) in [6, 6.07) is 15.2. The largest absolute Gasteiger partial charge is 0.327 e. The molecule has 1 aliphatic heterocycles. The minimum absolute atomic E-state index is 0.104. The number of carbonyl (C=O) groups is 2. The van der Waals surface area contributed by atoms with Crippen molar-refractivity contribution >= 4 is 17.5 Å². The van der Waals surface area contributed by atoms with Gasteiger partial charge < -0.3 is 10.2 Å². The summed E-state index contributed by atoms with van der Waals surface area (Å²) in [6.45, 7) is 0.315. The van der Waals surface area contributed by atoms with E-state index in [4.69, 9.17) is 0 Å². The van der Waals surface area contributed by atoms with Gasteiger partial charge in [0.1, 0.15) is 5.82 Å². The van der Waals surface area contributed by atoms with Crippen molar-refractivity contribution in [2.24, 2.45) is 0 Å². The number of anilines is 1. The molecule has 0 bridgehead atoms. The summed E-state index contributed by atoms with van der Waals surface area (Å²) in [6.07, 6.45) is -0.135. The third-order valence-electron chi connectivity index (χ3n) is 5.06. The molecule has 4 rings (SSSR count). The Balaban J connectivity index is 1.60. The van der Waals surface area contributed by atoms with Crippen LogP contribution in [0.5, 0.6) is 0 Å². The zero-order chi connectivity index (χ0) is 21.3. The van der Waals surface area contributed by atoms with Gasteiger partial charge in [0, 0.05) is 23.9 Å². The van der Waals surface area contributed by atoms with Crippen LogP contribution in [0.25, 0.3) is 0 Å². The van der Waals surface area contributed by atoms with E-state index in [1.165, 1.54) is 30.3 Å². The van der Waals surface area contributed by atoms with Crippen molar-refractivity contribution in [3.63, 3.8) is 0 Å². The molecule has 0 saturated heterocycles. The van der Waals surface area contributed by atoms with Gasteiger partial charge in [-0.05, 0) is 41.5 Å². The Morgan fingerprint density at radius 1 is 0.967 bits per heavy atom. The molecule has 1 N–H and O–H groups in total. The molecule has 7 heteroatoms. The number of hydrogen-bond donors (Lipinski definition) is 1. The van der Waals surface area contributed by atoms with Crippen molar-refractivity contribution in [2.75, 3.05) is 5.32 Å². The van der Waals surface area contributed by atoms with Gasteiger partial charge in [0.2, 0.25) is 5.91 Å². The molecule has 152 valence electrons. The molecular formula is C23H17F3N2O2. The zero-order valence-corrected chi connectivity index (χ0v) is 15.7. The number of fused-ring (bicyclic) bond motifs is 1. The first-order valence-corrected chi connectivity index (χ1v) is 9.31. The lowest BCUT2D eigenvalue weighted by Crippen LogP contribution is -2.32. The molecule has 2 amide bonds. The molecule has 0 spiro atoms. The van der Waals surface area contributed by atoms with E-state index >= 15 is 0 Å². The van der Waals surface area contributed by atoms with E-state index in [2.05, 4.69) is 5.32 Å². The van der Waals surface area contributed by atoms with Crippen molar-refractivity contribution in [1.29, 1.82) is 0 Å². The quantitative estimate of drug-likeness (QED) is 0.655. The highest BCUT2D eigenvalue weighted by Gasteiger charge is 2.34. The summed E-state index contributed by atoms with van der Waals surface area (Å²) < 4.78 is 40.0. The van der Waals surface area contributed by atoms with Crippen LogP contribution in [-0.4, -0.2) is 16.7 Å². The van der Waals surface area contributed by atoms with Crippen LogP contribution in [0.1, 0.15) is 33.9 Å². The average Bonchev–Trinajstić information content (AvgIpc) is 3.06. The van der Waals surface area contributed by atoms with E-state index in [-0.39, 0.29) is 18.0 Å². The SMILES string of the molecule is O=C(C[C@H](c1ccc(F)cc1)N1Cc2ccccc2C1=O)Nc1ccc(F)c(F)c1. The molecule has 0 radical (unpaired) electrons. The Kier molecular flexibility index (Phi) is 5.27. The van der Waals surface area contributed by atoms with Crippen LogP contribution in [-0.2, 0) is 11.3 Å². The topological polar surface area (TPSA) is 49.4 Å². The summed E-state index contributed by atoms with van der Waals surface area (Å²) >= 11 is 0. The molecule has 30 heavy (non-hydrogen) atoms. The molecule has 0 aliphatic carbocycles. The fraction of sp³-hybridized carbons (Fsp3) is 0.130. The van der Waals surface area contributed by atoms with Crippen LogP contribution in [0.3, 0.4) is 0 Å². The third kappa shape index (κ3) is 3.91. The molecule has 1 atom stereocenters. The van der Waals surface area contributed by atoms with Crippen molar-refractivity contribution in [3.8, 4) is 0 Å². The van der Waals surface area contributed by atoms with E-state index in [1.54, 1.807) is 17.0 Å². The molecule has 4 nitrogen and oxygen atoms in total. The Hall–Kier alpha value is -3.61. The number of carbonyl (C=O) groups excluding carboxylic acids is 2. The third-order valence-corrected chi connectivity index (χ3v) is 5.06. The lowest BCUT2D eigenvalue weighted by molar-refractivity contribution is -0.117. The monoisotopic (exact) mass is 410 g/mol. The predicted octanol–water partition coefficient (Wildman–Crippen LogP) is 4.83. The van der Waals surface area contributed by atoms with Crippen molar-refractivity contribution in [1.82, 2.24) is 4.90 Å². The zero-order valence-electron chi connectivity index (χ0n) is 15.7. The second-order valence-corrected chi connectivity index (χ2v) is 7.04. The van der Waals surface area contributed by atoms with Crippen LogP contribution >= 0.6 is 0 Å². The van der Waals surface area contributed by atoms with Gasteiger partial charge in [-0.3, -0.25) is 9.59 Å². The van der Waals surface area contributed by atoms with Gasteiger partial charge in [-0.15, -0.1) is 0 Å². The first-order valence-electron chi connectivity index (χ1n) is 9.31. The van der Waals surface area contributed by atoms with Crippen molar-refractivity contribution in [2.45, 2.75) is 19.0 Å². The normalized spacial score (nSPS) is 13.8. The first kappa shape index (κ1) is 19.7. The van der Waals surface area contributed by atoms with Crippen molar-refractivity contribution in [3.05, 3.63) is 101 Å². The molecular weight excluding hydrogens is 393 g/mol. The summed E-state index contributed by atoms with van der Waals surface area (Å²) in [5.74, 6) is -3.23. The van der Waals surface area contributed by atoms with Crippen LogP contribution < -0.4 is 5.32 Å². The van der Waals surface area contributed by atoms with Crippen LogP contribution in [0.2, 0.25) is 0 Å². The summed E-state index contributed by atoms with van der Waals surface area (Å²) in [5.41, 5.74) is 2.10. The van der Waals surface area contributed by atoms with Gasteiger partial charge >= 0.3 is 0 Å². The maximum absolute atomic E-state index is 13.4. The standard InChI is InChI=1S/C23H17F3N2O2/c24-16-7-5-14(6-8-16)21(28-13-15-3-1-2-4-18(15)23(28)30)12-22(29)27-17-9-10-19(25)20(26)11-17/h1-11,21H,12-13H2,(H,27,29)/t21-/m1/s1. The molecule has 0 aromatic heterocycles. The maximum Gasteiger partial charge on any atom is 0.255 e. The summed E-state index contributed by atoms with van der Waals surface area (Å²) in [4.78, 5) is 27.1. The van der Waals surface area contributed by atoms with E-state index < -0.39 is 29.4 Å². The van der Waals surface area contributed by atoms with Gasteiger partial charge in [-0.2, -0.15) is 0 Å². The number of rotatable bonds is 5. The molecule has 3 aromatic rings. The lowest BCUT2D eigenvalue weighted by atomic mass is 10.0. The highest BCUT2D eigenvalue weighted by Crippen LogP contribution is 2.33. The molecule has 1 aliphatic rings. The Morgan fingerprint density at radius 2 is 1.70 bits per heavy atom. The molecule has 0 saturated carbocycles. The van der Waals surface area contributed by atoms with Crippen molar-refractivity contribution < 1.29 is 22.8 Å². The molecule has 0 unspecified atom stereocenters. The van der Waals surface area contributed by atoms with E-state index in [0.717, 1.165) is 17.7 Å². The van der Waals surface area contributed by atoms with E-state index in [0.29, 0.717) is 17.7 Å². The number of nitrogens with one attached hydrogen (secondary N) is 1. The van der Waals surface area contributed by atoms with Gasteiger partial charge in [-0.1, -0.05) is 30.3 Å². The Morgan fingerprint density at radius 3 is 2.40 bits per heavy atom. The second kappa shape index (κ2) is 8.02. The fourth-order valence-electron chi connectivity index (χ4n) is 3.58.